The standard InChI is InChI=1S/C37H45O6P/c1-9-42-34(40)29(30(32(38)36(3,4)5)33(39)37(6,7)8)31(35(41)43-10-2)44(26-20-14-11-15-21-26,27-22-16-12-17-23-27)28-24-18-13-19-25-28/h11-25,29-30H,9-10H2,1-8H3. The van der Waals surface area contributed by atoms with Crippen LogP contribution < -0.4 is 15.9 Å². The minimum Gasteiger partial charge on any atom is -0.465 e. The van der Waals surface area contributed by atoms with Crippen molar-refractivity contribution in [1.82, 2.24) is 0 Å². The van der Waals surface area contributed by atoms with Crippen LogP contribution in [0.25, 0.3) is 0 Å². The van der Waals surface area contributed by atoms with Crippen molar-refractivity contribution < 1.29 is 28.7 Å². The molecule has 0 aromatic heterocycles. The molecule has 0 fully saturated rings. The molecule has 3 aromatic rings. The number of Topliss-reactive ketones (excluding diaryl/α,β-unsaturated/α-hetero) is 2. The highest BCUT2D eigenvalue weighted by Crippen LogP contribution is 2.50. The van der Waals surface area contributed by atoms with E-state index in [1.165, 1.54) is 0 Å². The minimum absolute atomic E-state index is 0.000962. The molecule has 0 bridgehead atoms. The molecule has 0 amide bonds. The Morgan fingerprint density at radius 2 is 0.909 bits per heavy atom. The van der Waals surface area contributed by atoms with Crippen molar-refractivity contribution in [1.29, 1.82) is 0 Å². The predicted octanol–water partition coefficient (Wildman–Crippen LogP) is 5.74. The molecular formula is C37H45O6P. The zero-order valence-electron chi connectivity index (χ0n) is 27.1. The average Bonchev–Trinajstić information content (AvgIpc) is 2.99. The normalized spacial score (nSPS) is 12.8. The average molecular weight is 617 g/mol. The molecule has 1 atom stereocenters. The molecular weight excluding hydrogens is 571 g/mol. The van der Waals surface area contributed by atoms with Crippen LogP contribution in [0.3, 0.4) is 0 Å². The second-order valence-electron chi connectivity index (χ2n) is 12.7. The summed E-state index contributed by atoms with van der Waals surface area (Å²) in [6, 6.07) is 28.6. The third-order valence-corrected chi connectivity index (χ3v) is 11.9. The lowest BCUT2D eigenvalue weighted by Gasteiger charge is -2.38. The molecule has 0 aliphatic heterocycles. The van der Waals surface area contributed by atoms with E-state index >= 15 is 0 Å². The maximum absolute atomic E-state index is 14.6. The Morgan fingerprint density at radius 1 is 0.568 bits per heavy atom. The highest BCUT2D eigenvalue weighted by atomic mass is 31.2. The topological polar surface area (TPSA) is 86.7 Å². The van der Waals surface area contributed by atoms with Crippen LogP contribution in [-0.4, -0.2) is 42.0 Å². The van der Waals surface area contributed by atoms with E-state index in [0.717, 1.165) is 15.9 Å². The molecule has 0 heterocycles. The molecule has 6 nitrogen and oxygen atoms in total. The van der Waals surface area contributed by atoms with Crippen LogP contribution in [0.5, 0.6) is 0 Å². The number of ether oxygens (including phenoxy) is 2. The van der Waals surface area contributed by atoms with E-state index < -0.39 is 53.1 Å². The number of hydrogen-bond acceptors (Lipinski definition) is 6. The lowest BCUT2D eigenvalue weighted by atomic mass is 9.69. The minimum atomic E-state index is -3.28. The van der Waals surface area contributed by atoms with Gasteiger partial charge in [-0.15, -0.1) is 0 Å². The summed E-state index contributed by atoms with van der Waals surface area (Å²) in [5, 5.41) is 2.40. The van der Waals surface area contributed by atoms with Crippen LogP contribution >= 0.6 is 6.89 Å². The largest absolute Gasteiger partial charge is 0.465 e. The third kappa shape index (κ3) is 7.13. The summed E-state index contributed by atoms with van der Waals surface area (Å²) in [5.74, 6) is -5.45. The number of esters is 2. The van der Waals surface area contributed by atoms with Gasteiger partial charge in [-0.25, -0.2) is 4.79 Å². The van der Waals surface area contributed by atoms with Gasteiger partial charge in [0, 0.05) is 10.8 Å². The number of carbonyl (C=O) groups excluding carboxylic acids is 4. The molecule has 7 heteroatoms. The Labute approximate surface area is 262 Å². The second kappa shape index (κ2) is 14.3. The zero-order chi connectivity index (χ0) is 32.7. The lowest BCUT2D eigenvalue weighted by molar-refractivity contribution is -0.156. The molecule has 0 aliphatic rings. The van der Waals surface area contributed by atoms with Crippen LogP contribution in [0.2, 0.25) is 0 Å². The Hall–Kier alpha value is -3.76. The van der Waals surface area contributed by atoms with Crippen molar-refractivity contribution >= 4 is 51.6 Å². The molecule has 0 saturated carbocycles. The van der Waals surface area contributed by atoms with Gasteiger partial charge in [0.2, 0.25) is 0 Å². The molecule has 3 rings (SSSR count). The highest BCUT2D eigenvalue weighted by molar-refractivity contribution is 7.96. The van der Waals surface area contributed by atoms with Crippen LogP contribution in [0, 0.1) is 22.7 Å². The summed E-state index contributed by atoms with van der Waals surface area (Å²) in [6.07, 6.45) is 0. The molecule has 0 saturated heterocycles. The van der Waals surface area contributed by atoms with Gasteiger partial charge in [-0.2, -0.15) is 0 Å². The predicted molar refractivity (Wildman–Crippen MR) is 179 cm³/mol. The fraction of sp³-hybridized carbons (Fsp3) is 0.378. The Bertz CT molecular complexity index is 1380. The van der Waals surface area contributed by atoms with Crippen LogP contribution in [0.15, 0.2) is 91.0 Å². The molecule has 0 radical (unpaired) electrons. The fourth-order valence-corrected chi connectivity index (χ4v) is 10.1. The van der Waals surface area contributed by atoms with Gasteiger partial charge < -0.3 is 9.47 Å². The number of carbonyl (C=O) groups is 4. The number of hydrogen-bond donors (Lipinski definition) is 0. The van der Waals surface area contributed by atoms with Gasteiger partial charge in [0.15, 0.2) is 0 Å². The van der Waals surface area contributed by atoms with Gasteiger partial charge in [-0.05, 0) is 36.6 Å². The van der Waals surface area contributed by atoms with E-state index in [1.54, 1.807) is 55.4 Å². The van der Waals surface area contributed by atoms with Crippen LogP contribution in [-0.2, 0) is 28.7 Å². The first-order chi connectivity index (χ1) is 20.7. The quantitative estimate of drug-likeness (QED) is 0.155. The molecule has 3 aromatic carbocycles. The molecule has 0 N–H and O–H groups in total. The SMILES string of the molecule is CCOC(=O)C(C(C(=O)OCC)C(C(=O)C(C)(C)C)C(=O)C(C)(C)C)=P(c1ccccc1)(c1ccccc1)c1ccccc1. The van der Waals surface area contributed by atoms with Crippen LogP contribution in [0.4, 0.5) is 0 Å². The summed E-state index contributed by atoms with van der Waals surface area (Å²) >= 11 is 0. The number of ketones is 2. The van der Waals surface area contributed by atoms with E-state index in [2.05, 4.69) is 0 Å². The number of benzene rings is 3. The fourth-order valence-electron chi connectivity index (χ4n) is 5.49. The summed E-state index contributed by atoms with van der Waals surface area (Å²) in [5.41, 5.74) is -2.02. The monoisotopic (exact) mass is 616 g/mol. The van der Waals surface area contributed by atoms with E-state index in [4.69, 9.17) is 9.47 Å². The first-order valence-electron chi connectivity index (χ1n) is 15.1. The maximum Gasteiger partial charge on any atom is 0.335 e. The molecule has 0 aliphatic carbocycles. The molecule has 44 heavy (non-hydrogen) atoms. The maximum atomic E-state index is 14.6. The summed E-state index contributed by atoms with van der Waals surface area (Å²) in [6.45, 7) is 10.4. The summed E-state index contributed by atoms with van der Waals surface area (Å²) in [7, 11) is 0. The summed E-state index contributed by atoms with van der Waals surface area (Å²) in [4.78, 5) is 57.9. The second-order valence-corrected chi connectivity index (χ2v) is 16.1. The van der Waals surface area contributed by atoms with E-state index in [-0.39, 0.29) is 18.5 Å². The Balaban J connectivity index is 2.81. The van der Waals surface area contributed by atoms with Crippen molar-refractivity contribution in [2.45, 2.75) is 55.4 Å². The van der Waals surface area contributed by atoms with Gasteiger partial charge in [0.1, 0.15) is 17.5 Å². The van der Waals surface area contributed by atoms with Gasteiger partial charge in [-0.1, -0.05) is 133 Å². The summed E-state index contributed by atoms with van der Waals surface area (Å²) < 4.78 is 11.5. The molecule has 234 valence electrons. The van der Waals surface area contributed by atoms with Crippen molar-refractivity contribution in [3.8, 4) is 0 Å². The van der Waals surface area contributed by atoms with Crippen molar-refractivity contribution in [3.05, 3.63) is 91.0 Å². The molecule has 1 unspecified atom stereocenters. The number of rotatable bonds is 11. The highest BCUT2D eigenvalue weighted by Gasteiger charge is 2.52. The zero-order valence-corrected chi connectivity index (χ0v) is 28.0. The lowest BCUT2D eigenvalue weighted by Crippen LogP contribution is -2.52. The van der Waals surface area contributed by atoms with E-state index in [9.17, 15) is 19.2 Å². The van der Waals surface area contributed by atoms with E-state index in [0.29, 0.717) is 0 Å². The Kier molecular flexibility index (Phi) is 11.3. The first-order valence-corrected chi connectivity index (χ1v) is 16.9. The van der Waals surface area contributed by atoms with Crippen molar-refractivity contribution in [2.75, 3.05) is 13.2 Å². The first kappa shape index (κ1) is 34.7. The third-order valence-electron chi connectivity index (χ3n) is 7.49. The van der Waals surface area contributed by atoms with Crippen molar-refractivity contribution in [3.63, 3.8) is 0 Å². The van der Waals surface area contributed by atoms with Gasteiger partial charge in [-0.3, -0.25) is 14.4 Å². The van der Waals surface area contributed by atoms with Crippen molar-refractivity contribution in [2.24, 2.45) is 22.7 Å². The van der Waals surface area contributed by atoms with Crippen LogP contribution in [0.1, 0.15) is 55.4 Å². The van der Waals surface area contributed by atoms with Gasteiger partial charge in [0.25, 0.3) is 0 Å². The smallest absolute Gasteiger partial charge is 0.335 e. The van der Waals surface area contributed by atoms with Gasteiger partial charge >= 0.3 is 11.9 Å². The Morgan fingerprint density at radius 3 is 1.20 bits per heavy atom. The van der Waals surface area contributed by atoms with Gasteiger partial charge in [0.05, 0.1) is 24.4 Å². The van der Waals surface area contributed by atoms with E-state index in [1.807, 2.05) is 91.0 Å². The molecule has 0 spiro atoms.